The summed E-state index contributed by atoms with van der Waals surface area (Å²) in [6, 6.07) is 0. The van der Waals surface area contributed by atoms with E-state index in [1.807, 2.05) is 26.0 Å². The monoisotopic (exact) mass is 545 g/mol. The molecular formula is C33H43N3O4. The standard InChI is InChI=1S/C33H43N3O4/c1-28(2)11-13-33(27-35-24(18-37)36-40-27)14-12-32(7)25(19(33)16-28)21(38)15-23-30(5)17-20(34-8)26(39)29(3,4)22(30)9-10-31(23,32)6/h15,17,19,22,25,37H,9-14,16,18H2,1-7H3/t19-,22-,25-,30-,31+,32+,33-/m0/s1. The van der Waals surface area contributed by atoms with Crippen LogP contribution in [0.2, 0.25) is 0 Å². The number of aliphatic hydroxyl groups is 1. The summed E-state index contributed by atoms with van der Waals surface area (Å²) >= 11 is 0. The van der Waals surface area contributed by atoms with Crippen molar-refractivity contribution in [1.29, 1.82) is 0 Å². The van der Waals surface area contributed by atoms with Gasteiger partial charge in [0.1, 0.15) is 6.61 Å². The number of aliphatic hydroxyl groups excluding tert-OH is 1. The maximum atomic E-state index is 14.6. The summed E-state index contributed by atoms with van der Waals surface area (Å²) in [6.45, 7) is 22.9. The lowest BCUT2D eigenvalue weighted by atomic mass is 9.34. The van der Waals surface area contributed by atoms with E-state index in [1.54, 1.807) is 0 Å². The van der Waals surface area contributed by atoms with Crippen LogP contribution in [-0.2, 0) is 21.6 Å². The summed E-state index contributed by atoms with van der Waals surface area (Å²) < 4.78 is 5.83. The molecule has 214 valence electrons. The highest BCUT2D eigenvalue weighted by atomic mass is 16.5. The number of hydrogen-bond donors (Lipinski definition) is 1. The van der Waals surface area contributed by atoms with Crippen molar-refractivity contribution in [3.05, 3.63) is 46.6 Å². The molecular weight excluding hydrogens is 502 g/mol. The van der Waals surface area contributed by atoms with E-state index < -0.39 is 10.8 Å². The van der Waals surface area contributed by atoms with Gasteiger partial charge in [0.25, 0.3) is 0 Å². The van der Waals surface area contributed by atoms with Crippen LogP contribution in [-0.4, -0.2) is 26.8 Å². The largest absolute Gasteiger partial charge is 0.388 e. The van der Waals surface area contributed by atoms with Gasteiger partial charge in [-0.05, 0) is 79.1 Å². The molecule has 1 aromatic rings. The van der Waals surface area contributed by atoms with Crippen LogP contribution in [0.3, 0.4) is 0 Å². The van der Waals surface area contributed by atoms with Gasteiger partial charge in [0.05, 0.1) is 12.0 Å². The zero-order valence-electron chi connectivity index (χ0n) is 25.1. The Labute approximate surface area is 237 Å². The van der Waals surface area contributed by atoms with Crippen LogP contribution in [0.4, 0.5) is 0 Å². The first kappa shape index (κ1) is 27.6. The molecule has 3 saturated carbocycles. The highest BCUT2D eigenvalue weighted by Gasteiger charge is 2.70. The lowest BCUT2D eigenvalue weighted by Gasteiger charge is -2.69. The number of carbonyl (C=O) groups excluding carboxylic acids is 2. The predicted molar refractivity (Wildman–Crippen MR) is 149 cm³/mol. The highest BCUT2D eigenvalue weighted by molar-refractivity contribution is 6.03. The first-order valence-electron chi connectivity index (χ1n) is 15.0. The molecule has 6 rings (SSSR count). The van der Waals surface area contributed by atoms with Crippen molar-refractivity contribution in [3.8, 4) is 0 Å². The fourth-order valence-electron chi connectivity index (χ4n) is 10.5. The minimum absolute atomic E-state index is 0.0388. The Morgan fingerprint density at radius 1 is 1.05 bits per heavy atom. The number of rotatable bonds is 2. The van der Waals surface area contributed by atoms with Crippen LogP contribution < -0.4 is 0 Å². The van der Waals surface area contributed by atoms with E-state index in [9.17, 15) is 14.7 Å². The van der Waals surface area contributed by atoms with Crippen molar-refractivity contribution in [2.45, 2.75) is 105 Å². The zero-order valence-corrected chi connectivity index (χ0v) is 25.1. The second-order valence-corrected chi connectivity index (χ2v) is 15.6. The number of hydrogen-bond acceptors (Lipinski definition) is 6. The molecule has 0 unspecified atom stereocenters. The van der Waals surface area contributed by atoms with Gasteiger partial charge in [0, 0.05) is 16.7 Å². The number of aromatic nitrogens is 2. The Morgan fingerprint density at radius 3 is 2.40 bits per heavy atom. The van der Waals surface area contributed by atoms with Crippen molar-refractivity contribution in [2.24, 2.45) is 44.8 Å². The van der Waals surface area contributed by atoms with Gasteiger partial charge in [-0.3, -0.25) is 4.79 Å². The molecule has 1 aromatic heterocycles. The third-order valence-corrected chi connectivity index (χ3v) is 12.9. The minimum atomic E-state index is -0.663. The van der Waals surface area contributed by atoms with Crippen molar-refractivity contribution in [2.75, 3.05) is 0 Å². The molecule has 0 aliphatic heterocycles. The molecule has 0 amide bonds. The number of nitrogens with zero attached hydrogens (tertiary/aromatic N) is 3. The molecule has 40 heavy (non-hydrogen) atoms. The summed E-state index contributed by atoms with van der Waals surface area (Å²) in [6.07, 6.45) is 10.2. The first-order chi connectivity index (χ1) is 18.6. The Balaban J connectivity index is 1.53. The van der Waals surface area contributed by atoms with Crippen LogP contribution in [0.1, 0.15) is 105 Å². The molecule has 7 heteroatoms. The summed E-state index contributed by atoms with van der Waals surface area (Å²) in [7, 11) is 0. The van der Waals surface area contributed by atoms with E-state index in [2.05, 4.69) is 49.6 Å². The third kappa shape index (κ3) is 3.26. The number of allylic oxidation sites excluding steroid dienone is 4. The average Bonchev–Trinajstić information content (AvgIpc) is 3.37. The number of carbonyl (C=O) groups is 2. The predicted octanol–water partition coefficient (Wildman–Crippen LogP) is 6.39. The van der Waals surface area contributed by atoms with Gasteiger partial charge in [-0.25, -0.2) is 4.85 Å². The summed E-state index contributed by atoms with van der Waals surface area (Å²) in [5.74, 6) is 0.868. The van der Waals surface area contributed by atoms with Crippen molar-refractivity contribution >= 4 is 11.6 Å². The average molecular weight is 546 g/mol. The van der Waals surface area contributed by atoms with E-state index in [4.69, 9.17) is 11.1 Å². The van der Waals surface area contributed by atoms with Gasteiger partial charge in [-0.2, -0.15) is 4.98 Å². The van der Waals surface area contributed by atoms with Crippen LogP contribution in [0, 0.1) is 51.4 Å². The summed E-state index contributed by atoms with van der Waals surface area (Å²) in [4.78, 5) is 36.2. The SMILES string of the molecule is [C-]#[N+]C1=C[C@]2(C)C3=CC(=O)[C@@H]4[C@@H]5CC(C)(C)CC[C@]5(c5nc(CO)no5)CC[C@@]4(C)[C@]3(C)CC[C@H]2C(C)(C)C1=O. The smallest absolute Gasteiger partial charge is 0.233 e. The Kier molecular flexibility index (Phi) is 5.68. The lowest BCUT2D eigenvalue weighted by molar-refractivity contribution is -0.161. The second kappa shape index (κ2) is 8.25. The lowest BCUT2D eigenvalue weighted by Crippen LogP contribution is -2.65. The normalized spacial score (nSPS) is 43.3. The highest BCUT2D eigenvalue weighted by Crippen LogP contribution is 2.74. The van der Waals surface area contributed by atoms with Crippen LogP contribution in [0.25, 0.3) is 4.85 Å². The molecule has 0 aromatic carbocycles. The van der Waals surface area contributed by atoms with Gasteiger partial charge in [-0.1, -0.05) is 65.3 Å². The third-order valence-electron chi connectivity index (χ3n) is 12.9. The summed E-state index contributed by atoms with van der Waals surface area (Å²) in [5.41, 5.74) is -0.708. The van der Waals surface area contributed by atoms with Gasteiger partial charge < -0.3 is 14.4 Å². The molecule has 7 atom stereocenters. The van der Waals surface area contributed by atoms with Gasteiger partial charge in [0.15, 0.2) is 17.4 Å². The quantitative estimate of drug-likeness (QED) is 0.433. The van der Waals surface area contributed by atoms with Crippen LogP contribution in [0.5, 0.6) is 0 Å². The Bertz CT molecular complexity index is 1410. The molecule has 0 bridgehead atoms. The van der Waals surface area contributed by atoms with E-state index in [-0.39, 0.29) is 63.3 Å². The van der Waals surface area contributed by atoms with E-state index in [0.717, 1.165) is 50.5 Å². The molecule has 3 fully saturated rings. The maximum Gasteiger partial charge on any atom is 0.233 e. The van der Waals surface area contributed by atoms with Crippen molar-refractivity contribution < 1.29 is 19.2 Å². The fourth-order valence-corrected chi connectivity index (χ4v) is 10.5. The van der Waals surface area contributed by atoms with E-state index in [0.29, 0.717) is 11.7 Å². The Hall–Kier alpha value is -2.59. The molecule has 5 aliphatic rings. The first-order valence-corrected chi connectivity index (χ1v) is 15.0. The minimum Gasteiger partial charge on any atom is -0.388 e. The molecule has 0 saturated heterocycles. The van der Waals surface area contributed by atoms with Gasteiger partial charge in [0.2, 0.25) is 11.6 Å². The van der Waals surface area contributed by atoms with Gasteiger partial charge >= 0.3 is 0 Å². The molecule has 1 heterocycles. The number of ketones is 2. The van der Waals surface area contributed by atoms with Crippen LogP contribution >= 0.6 is 0 Å². The number of fused-ring (bicyclic) bond motifs is 7. The molecule has 0 radical (unpaired) electrons. The molecule has 0 spiro atoms. The van der Waals surface area contributed by atoms with Crippen LogP contribution in [0.15, 0.2) is 27.9 Å². The molecule has 7 nitrogen and oxygen atoms in total. The van der Waals surface area contributed by atoms with E-state index >= 15 is 0 Å². The second-order valence-electron chi connectivity index (χ2n) is 15.6. The van der Waals surface area contributed by atoms with E-state index in [1.165, 1.54) is 0 Å². The molecule has 1 N–H and O–H groups in total. The number of Topliss-reactive ketones (excluding diaryl/α,β-unsaturated/α-hetero) is 1. The topological polar surface area (TPSA) is 97.7 Å². The van der Waals surface area contributed by atoms with Gasteiger partial charge in [-0.15, -0.1) is 0 Å². The van der Waals surface area contributed by atoms with Crippen molar-refractivity contribution in [1.82, 2.24) is 10.1 Å². The fraction of sp³-hybridized carbons (Fsp3) is 0.727. The molecule has 5 aliphatic carbocycles. The maximum absolute atomic E-state index is 14.6. The zero-order chi connectivity index (χ0) is 29.1. The summed E-state index contributed by atoms with van der Waals surface area (Å²) in [5, 5.41) is 13.7. The Morgan fingerprint density at radius 2 is 1.75 bits per heavy atom. The van der Waals surface area contributed by atoms with Crippen molar-refractivity contribution in [3.63, 3.8) is 0 Å².